The van der Waals surface area contributed by atoms with Crippen LogP contribution in [0.4, 0.5) is 17.1 Å². The van der Waals surface area contributed by atoms with Gasteiger partial charge in [-0.1, -0.05) is 18.2 Å². The van der Waals surface area contributed by atoms with Crippen LogP contribution in [0.1, 0.15) is 0 Å². The molecule has 6 nitrogen and oxygen atoms in total. The minimum absolute atomic E-state index is 0.107. The summed E-state index contributed by atoms with van der Waals surface area (Å²) in [4.78, 5) is 12.1. The Morgan fingerprint density at radius 3 is 2.21 bits per heavy atom. The number of para-hydroxylation sites is 2. The number of amides is 1. The van der Waals surface area contributed by atoms with Crippen molar-refractivity contribution in [2.75, 3.05) is 31.5 Å². The van der Waals surface area contributed by atoms with E-state index >= 15 is 0 Å². The van der Waals surface area contributed by atoms with Gasteiger partial charge in [-0.25, -0.2) is 0 Å². The monoisotopic (exact) mass is 378 g/mol. The Morgan fingerprint density at radius 1 is 0.786 bits per heavy atom. The van der Waals surface area contributed by atoms with E-state index in [9.17, 15) is 4.79 Å². The molecular formula is C22H22N2O4. The molecule has 0 saturated carbocycles. The van der Waals surface area contributed by atoms with Gasteiger partial charge in [0.15, 0.2) is 18.1 Å². The Bertz CT molecular complexity index is 926. The molecule has 2 N–H and O–H groups in total. The summed E-state index contributed by atoms with van der Waals surface area (Å²) < 4.78 is 15.9. The molecule has 3 aromatic rings. The quantitative estimate of drug-likeness (QED) is 0.605. The predicted octanol–water partition coefficient (Wildman–Crippen LogP) is 4.46. The van der Waals surface area contributed by atoms with Crippen molar-refractivity contribution in [3.05, 3.63) is 72.8 Å². The van der Waals surface area contributed by atoms with Crippen molar-refractivity contribution in [2.24, 2.45) is 0 Å². The summed E-state index contributed by atoms with van der Waals surface area (Å²) in [6.07, 6.45) is 0. The van der Waals surface area contributed by atoms with Crippen LogP contribution in [-0.4, -0.2) is 26.7 Å². The number of ether oxygens (including phenoxy) is 3. The van der Waals surface area contributed by atoms with E-state index in [-0.39, 0.29) is 12.5 Å². The molecule has 0 bridgehead atoms. The van der Waals surface area contributed by atoms with E-state index in [1.54, 1.807) is 26.4 Å². The highest BCUT2D eigenvalue weighted by Crippen LogP contribution is 2.26. The summed E-state index contributed by atoms with van der Waals surface area (Å²) in [6, 6.07) is 22.3. The molecule has 28 heavy (non-hydrogen) atoms. The highest BCUT2D eigenvalue weighted by molar-refractivity contribution is 5.92. The van der Waals surface area contributed by atoms with Crippen molar-refractivity contribution in [1.29, 1.82) is 0 Å². The minimum Gasteiger partial charge on any atom is -0.497 e. The van der Waals surface area contributed by atoms with Crippen LogP contribution in [0.5, 0.6) is 17.2 Å². The molecule has 0 spiro atoms. The van der Waals surface area contributed by atoms with Gasteiger partial charge in [0.2, 0.25) is 0 Å². The van der Waals surface area contributed by atoms with Gasteiger partial charge in [0.05, 0.1) is 14.2 Å². The van der Waals surface area contributed by atoms with Gasteiger partial charge in [0.1, 0.15) is 5.75 Å². The van der Waals surface area contributed by atoms with E-state index in [4.69, 9.17) is 14.2 Å². The Morgan fingerprint density at radius 2 is 1.50 bits per heavy atom. The van der Waals surface area contributed by atoms with Gasteiger partial charge in [-0.15, -0.1) is 0 Å². The molecule has 3 aromatic carbocycles. The fourth-order valence-corrected chi connectivity index (χ4v) is 2.58. The lowest BCUT2D eigenvalue weighted by Crippen LogP contribution is -2.20. The number of anilines is 3. The third-order valence-corrected chi connectivity index (χ3v) is 3.95. The fraction of sp³-hybridized carbons (Fsp3) is 0.136. The Hall–Kier alpha value is -3.67. The summed E-state index contributed by atoms with van der Waals surface area (Å²) in [6.45, 7) is -0.107. The maximum atomic E-state index is 12.1. The second-order valence-electron chi connectivity index (χ2n) is 5.92. The molecule has 3 rings (SSSR count). The summed E-state index contributed by atoms with van der Waals surface area (Å²) >= 11 is 0. The topological polar surface area (TPSA) is 68.8 Å². The van der Waals surface area contributed by atoms with Gasteiger partial charge >= 0.3 is 0 Å². The number of carbonyl (C=O) groups is 1. The standard InChI is InChI=1S/C22H22N2O4/c1-26-19-7-5-6-18(14-19)23-16-10-12-17(13-11-16)24-22(25)15-28-21-9-4-3-8-20(21)27-2/h3-14,23H,15H2,1-2H3,(H,24,25). The van der Waals surface area contributed by atoms with Crippen LogP contribution in [-0.2, 0) is 4.79 Å². The number of nitrogens with one attached hydrogen (secondary N) is 2. The summed E-state index contributed by atoms with van der Waals surface area (Å²) in [5.74, 6) is 1.64. The summed E-state index contributed by atoms with van der Waals surface area (Å²) in [5, 5.41) is 6.09. The Kier molecular flexibility index (Phi) is 6.36. The third-order valence-electron chi connectivity index (χ3n) is 3.95. The van der Waals surface area contributed by atoms with Crippen molar-refractivity contribution in [2.45, 2.75) is 0 Å². The summed E-state index contributed by atoms with van der Waals surface area (Å²) in [5.41, 5.74) is 2.50. The zero-order chi connectivity index (χ0) is 19.8. The van der Waals surface area contributed by atoms with Crippen molar-refractivity contribution in [1.82, 2.24) is 0 Å². The zero-order valence-electron chi connectivity index (χ0n) is 15.8. The van der Waals surface area contributed by atoms with Crippen molar-refractivity contribution < 1.29 is 19.0 Å². The lowest BCUT2D eigenvalue weighted by atomic mass is 10.2. The highest BCUT2D eigenvalue weighted by Gasteiger charge is 2.07. The normalized spacial score (nSPS) is 10.1. The van der Waals surface area contributed by atoms with Crippen molar-refractivity contribution in [3.8, 4) is 17.2 Å². The van der Waals surface area contributed by atoms with E-state index in [0.717, 1.165) is 17.1 Å². The highest BCUT2D eigenvalue weighted by atomic mass is 16.5. The second kappa shape index (κ2) is 9.32. The SMILES string of the molecule is COc1cccc(Nc2ccc(NC(=O)COc3ccccc3OC)cc2)c1. The molecule has 6 heteroatoms. The number of hydrogen-bond donors (Lipinski definition) is 2. The van der Waals surface area contributed by atoms with Gasteiger partial charge in [0.25, 0.3) is 5.91 Å². The first-order valence-corrected chi connectivity index (χ1v) is 8.75. The molecule has 0 fully saturated rings. The van der Waals surface area contributed by atoms with Gasteiger partial charge in [-0.3, -0.25) is 4.79 Å². The second-order valence-corrected chi connectivity index (χ2v) is 5.92. The fourth-order valence-electron chi connectivity index (χ4n) is 2.58. The summed E-state index contributed by atoms with van der Waals surface area (Å²) in [7, 11) is 3.19. The largest absolute Gasteiger partial charge is 0.497 e. The van der Waals surface area contributed by atoms with Crippen LogP contribution in [0.25, 0.3) is 0 Å². The molecule has 0 aliphatic rings. The first-order chi connectivity index (χ1) is 13.7. The minimum atomic E-state index is -0.251. The molecule has 1 amide bonds. The van der Waals surface area contributed by atoms with E-state index in [1.807, 2.05) is 60.7 Å². The van der Waals surface area contributed by atoms with E-state index in [0.29, 0.717) is 17.2 Å². The Balaban J connectivity index is 1.54. The lowest BCUT2D eigenvalue weighted by molar-refractivity contribution is -0.118. The molecule has 0 heterocycles. The van der Waals surface area contributed by atoms with Crippen LogP contribution in [0.2, 0.25) is 0 Å². The average molecular weight is 378 g/mol. The molecule has 0 aliphatic carbocycles. The van der Waals surface area contributed by atoms with Crippen LogP contribution < -0.4 is 24.8 Å². The Labute approximate surface area is 164 Å². The smallest absolute Gasteiger partial charge is 0.262 e. The molecule has 0 saturated heterocycles. The van der Waals surface area contributed by atoms with Gasteiger partial charge in [0, 0.05) is 23.1 Å². The molecule has 0 aromatic heterocycles. The average Bonchev–Trinajstić information content (AvgIpc) is 2.74. The maximum Gasteiger partial charge on any atom is 0.262 e. The lowest BCUT2D eigenvalue weighted by Gasteiger charge is -2.11. The molecule has 0 unspecified atom stereocenters. The van der Waals surface area contributed by atoms with E-state index < -0.39 is 0 Å². The number of rotatable bonds is 8. The van der Waals surface area contributed by atoms with Crippen molar-refractivity contribution >= 4 is 23.0 Å². The number of benzene rings is 3. The predicted molar refractivity (Wildman–Crippen MR) is 110 cm³/mol. The first-order valence-electron chi connectivity index (χ1n) is 8.75. The third kappa shape index (κ3) is 5.17. The van der Waals surface area contributed by atoms with Crippen LogP contribution in [0.15, 0.2) is 72.8 Å². The zero-order valence-corrected chi connectivity index (χ0v) is 15.8. The van der Waals surface area contributed by atoms with Crippen LogP contribution in [0, 0.1) is 0 Å². The molecule has 144 valence electrons. The van der Waals surface area contributed by atoms with E-state index in [2.05, 4.69) is 10.6 Å². The van der Waals surface area contributed by atoms with Crippen molar-refractivity contribution in [3.63, 3.8) is 0 Å². The number of hydrogen-bond acceptors (Lipinski definition) is 5. The van der Waals surface area contributed by atoms with Crippen LogP contribution in [0.3, 0.4) is 0 Å². The molecule has 0 radical (unpaired) electrons. The maximum absolute atomic E-state index is 12.1. The van der Waals surface area contributed by atoms with E-state index in [1.165, 1.54) is 0 Å². The van der Waals surface area contributed by atoms with Gasteiger partial charge in [-0.2, -0.15) is 0 Å². The van der Waals surface area contributed by atoms with Crippen LogP contribution >= 0.6 is 0 Å². The van der Waals surface area contributed by atoms with Gasteiger partial charge < -0.3 is 24.8 Å². The first kappa shape index (κ1) is 19.1. The molecule has 0 atom stereocenters. The number of carbonyl (C=O) groups excluding carboxylic acids is 1. The van der Waals surface area contributed by atoms with Gasteiger partial charge in [-0.05, 0) is 48.5 Å². The molecular weight excluding hydrogens is 356 g/mol. The number of methoxy groups -OCH3 is 2. The molecule has 0 aliphatic heterocycles.